The van der Waals surface area contributed by atoms with E-state index in [0.717, 1.165) is 5.56 Å². The van der Waals surface area contributed by atoms with Crippen LogP contribution in [0.1, 0.15) is 26.3 Å². The Morgan fingerprint density at radius 3 is 2.33 bits per heavy atom. The second kappa shape index (κ2) is 8.62. The Balaban J connectivity index is 2.93. The van der Waals surface area contributed by atoms with Crippen molar-refractivity contribution in [1.82, 2.24) is 5.06 Å². The van der Waals surface area contributed by atoms with E-state index < -0.39 is 29.9 Å². The third-order valence-electron chi connectivity index (χ3n) is 3.20. The van der Waals surface area contributed by atoms with E-state index in [1.54, 1.807) is 24.3 Å². The first-order chi connectivity index (χ1) is 11.2. The molecule has 0 aliphatic heterocycles. The van der Waals surface area contributed by atoms with Crippen LogP contribution in [-0.4, -0.2) is 47.2 Å². The molecule has 0 aromatic heterocycles. The summed E-state index contributed by atoms with van der Waals surface area (Å²) >= 11 is 0. The van der Waals surface area contributed by atoms with Crippen LogP contribution < -0.4 is 5.73 Å². The molecule has 1 aromatic carbocycles. The highest BCUT2D eigenvalue weighted by Crippen LogP contribution is 2.18. The first-order valence-electron chi connectivity index (χ1n) is 7.39. The lowest BCUT2D eigenvalue weighted by Gasteiger charge is -2.35. The molecule has 134 valence electrons. The molecule has 0 radical (unpaired) electrons. The molecule has 3 N–H and O–H groups in total. The number of amides is 2. The quantitative estimate of drug-likeness (QED) is 0.543. The number of primary amides is 1. The number of carbonyl (C=O) groups is 2. The Morgan fingerprint density at radius 1 is 1.29 bits per heavy atom. The third kappa shape index (κ3) is 5.80. The van der Waals surface area contributed by atoms with Gasteiger partial charge in [0.2, 0.25) is 5.91 Å². The molecular formula is C16H24N2O6. The number of hydroxylamine groups is 2. The Bertz CT molecular complexity index is 547. The van der Waals surface area contributed by atoms with Crippen molar-refractivity contribution in [3.8, 4) is 0 Å². The molecule has 2 atom stereocenters. The van der Waals surface area contributed by atoms with E-state index in [2.05, 4.69) is 0 Å². The van der Waals surface area contributed by atoms with Crippen molar-refractivity contribution in [2.45, 2.75) is 45.3 Å². The molecule has 1 aromatic rings. The van der Waals surface area contributed by atoms with Crippen molar-refractivity contribution >= 4 is 12.0 Å². The SMILES string of the molecule is COC(C)(C)ON(C(=O)OCc1ccccc1)[C@H](C(N)=O)[C@H](C)O. The Morgan fingerprint density at radius 2 is 1.88 bits per heavy atom. The molecule has 1 rings (SSSR count). The van der Waals surface area contributed by atoms with E-state index >= 15 is 0 Å². The van der Waals surface area contributed by atoms with E-state index in [1.807, 2.05) is 6.07 Å². The summed E-state index contributed by atoms with van der Waals surface area (Å²) in [5.74, 6) is -2.18. The highest BCUT2D eigenvalue weighted by Gasteiger charge is 2.38. The maximum atomic E-state index is 12.4. The average molecular weight is 340 g/mol. The van der Waals surface area contributed by atoms with Gasteiger partial charge in [0.25, 0.3) is 0 Å². The Labute approximate surface area is 141 Å². The average Bonchev–Trinajstić information content (AvgIpc) is 2.52. The zero-order valence-electron chi connectivity index (χ0n) is 14.3. The van der Waals surface area contributed by atoms with Crippen LogP contribution in [0.25, 0.3) is 0 Å². The van der Waals surface area contributed by atoms with Gasteiger partial charge in [-0.05, 0) is 26.3 Å². The predicted octanol–water partition coefficient (Wildman–Crippen LogP) is 1.17. The van der Waals surface area contributed by atoms with E-state index in [0.29, 0.717) is 5.06 Å². The van der Waals surface area contributed by atoms with Gasteiger partial charge in [-0.15, -0.1) is 0 Å². The van der Waals surface area contributed by atoms with Gasteiger partial charge in [0.15, 0.2) is 11.8 Å². The topological polar surface area (TPSA) is 111 Å². The zero-order chi connectivity index (χ0) is 18.3. The van der Waals surface area contributed by atoms with Gasteiger partial charge in [-0.25, -0.2) is 9.63 Å². The molecule has 0 saturated heterocycles. The molecular weight excluding hydrogens is 316 g/mol. The van der Waals surface area contributed by atoms with Crippen LogP contribution in [-0.2, 0) is 25.7 Å². The van der Waals surface area contributed by atoms with Gasteiger partial charge in [0, 0.05) is 7.11 Å². The smallest absolute Gasteiger partial charge is 0.435 e. The molecule has 0 aliphatic carbocycles. The Hall–Kier alpha value is -2.16. The molecule has 0 heterocycles. The Kier molecular flexibility index (Phi) is 7.15. The number of ether oxygens (including phenoxy) is 2. The second-order valence-corrected chi connectivity index (χ2v) is 5.65. The van der Waals surface area contributed by atoms with Crippen molar-refractivity contribution in [3.63, 3.8) is 0 Å². The summed E-state index contributed by atoms with van der Waals surface area (Å²) in [7, 11) is 1.37. The first kappa shape index (κ1) is 19.9. The van der Waals surface area contributed by atoms with Gasteiger partial charge >= 0.3 is 6.09 Å². The second-order valence-electron chi connectivity index (χ2n) is 5.65. The van der Waals surface area contributed by atoms with E-state index in [-0.39, 0.29) is 6.61 Å². The summed E-state index contributed by atoms with van der Waals surface area (Å²) < 4.78 is 10.2. The van der Waals surface area contributed by atoms with Crippen LogP contribution in [0.5, 0.6) is 0 Å². The first-order valence-corrected chi connectivity index (χ1v) is 7.39. The lowest BCUT2D eigenvalue weighted by molar-refractivity contribution is -0.319. The highest BCUT2D eigenvalue weighted by molar-refractivity contribution is 5.84. The van der Waals surface area contributed by atoms with Gasteiger partial charge in [-0.2, -0.15) is 5.06 Å². The van der Waals surface area contributed by atoms with Crippen LogP contribution in [0.3, 0.4) is 0 Å². The van der Waals surface area contributed by atoms with Crippen molar-refractivity contribution in [2.75, 3.05) is 7.11 Å². The third-order valence-corrected chi connectivity index (χ3v) is 3.20. The summed E-state index contributed by atoms with van der Waals surface area (Å²) in [5, 5.41) is 10.4. The van der Waals surface area contributed by atoms with Crippen LogP contribution in [0, 0.1) is 0 Å². The van der Waals surface area contributed by atoms with Gasteiger partial charge in [-0.1, -0.05) is 30.3 Å². The van der Waals surface area contributed by atoms with Crippen molar-refractivity contribution in [3.05, 3.63) is 35.9 Å². The lowest BCUT2D eigenvalue weighted by Crippen LogP contribution is -2.56. The lowest BCUT2D eigenvalue weighted by atomic mass is 10.2. The number of aliphatic hydroxyl groups excluding tert-OH is 1. The molecule has 0 aliphatic rings. The maximum absolute atomic E-state index is 12.4. The normalized spacial score (nSPS) is 13.9. The van der Waals surface area contributed by atoms with Crippen LogP contribution in [0.2, 0.25) is 0 Å². The van der Waals surface area contributed by atoms with E-state index in [4.69, 9.17) is 20.0 Å². The number of nitrogens with two attached hydrogens (primary N) is 1. The number of nitrogens with zero attached hydrogens (tertiary/aromatic N) is 1. The molecule has 24 heavy (non-hydrogen) atoms. The molecule has 0 bridgehead atoms. The maximum Gasteiger partial charge on any atom is 0.435 e. The summed E-state index contributed by atoms with van der Waals surface area (Å²) in [4.78, 5) is 29.4. The van der Waals surface area contributed by atoms with Gasteiger partial charge in [0.05, 0.1) is 6.10 Å². The fourth-order valence-electron chi connectivity index (χ4n) is 1.81. The van der Waals surface area contributed by atoms with Crippen LogP contribution in [0.15, 0.2) is 30.3 Å². The molecule has 0 unspecified atom stereocenters. The van der Waals surface area contributed by atoms with E-state index in [9.17, 15) is 14.7 Å². The molecule has 8 heteroatoms. The monoisotopic (exact) mass is 340 g/mol. The summed E-state index contributed by atoms with van der Waals surface area (Å²) in [6.45, 7) is 4.35. The fraction of sp³-hybridized carbons (Fsp3) is 0.500. The minimum atomic E-state index is -1.43. The van der Waals surface area contributed by atoms with Crippen LogP contribution in [0.4, 0.5) is 4.79 Å². The molecule has 0 spiro atoms. The number of aliphatic hydroxyl groups is 1. The highest BCUT2D eigenvalue weighted by atomic mass is 16.8. The van der Waals surface area contributed by atoms with Crippen molar-refractivity contribution in [2.24, 2.45) is 5.73 Å². The predicted molar refractivity (Wildman–Crippen MR) is 85.3 cm³/mol. The number of hydrogen-bond acceptors (Lipinski definition) is 6. The van der Waals surface area contributed by atoms with Crippen LogP contribution >= 0.6 is 0 Å². The molecule has 0 saturated carbocycles. The number of benzene rings is 1. The summed E-state index contributed by atoms with van der Waals surface area (Å²) in [6.07, 6.45) is -2.23. The molecule has 0 fully saturated rings. The standard InChI is InChI=1S/C16H24N2O6/c1-11(19)13(14(17)20)18(24-16(2,3)22-4)15(21)23-10-12-8-6-5-7-9-12/h5-9,11,13,19H,10H2,1-4H3,(H2,17,20)/t11-,13-/m0/s1. The fourth-order valence-corrected chi connectivity index (χ4v) is 1.81. The molecule has 8 nitrogen and oxygen atoms in total. The number of rotatable bonds is 8. The van der Waals surface area contributed by atoms with Crippen molar-refractivity contribution < 1.29 is 29.0 Å². The van der Waals surface area contributed by atoms with Gasteiger partial charge < -0.3 is 20.3 Å². The van der Waals surface area contributed by atoms with Gasteiger partial charge in [0.1, 0.15) is 6.61 Å². The largest absolute Gasteiger partial charge is 0.443 e. The number of methoxy groups -OCH3 is 1. The minimum Gasteiger partial charge on any atom is -0.443 e. The zero-order valence-corrected chi connectivity index (χ0v) is 14.3. The molecule has 2 amide bonds. The summed E-state index contributed by atoms with van der Waals surface area (Å²) in [6, 6.07) is 7.55. The number of hydrogen-bond donors (Lipinski definition) is 2. The van der Waals surface area contributed by atoms with Crippen molar-refractivity contribution in [1.29, 1.82) is 0 Å². The minimum absolute atomic E-state index is 0.0295. The number of carbonyl (C=O) groups excluding carboxylic acids is 2. The van der Waals surface area contributed by atoms with Gasteiger partial charge in [-0.3, -0.25) is 4.79 Å². The summed E-state index contributed by atoms with van der Waals surface area (Å²) in [5.41, 5.74) is 6.03. The van der Waals surface area contributed by atoms with E-state index in [1.165, 1.54) is 27.9 Å².